The Labute approximate surface area is 66.8 Å². The summed E-state index contributed by atoms with van der Waals surface area (Å²) in [5.74, 6) is 0. The maximum atomic E-state index is 12.1. The Morgan fingerprint density at radius 1 is 1.64 bits per heavy atom. The molecule has 1 heterocycles. The van der Waals surface area contributed by atoms with Gasteiger partial charge in [0, 0.05) is 19.5 Å². The summed E-state index contributed by atoms with van der Waals surface area (Å²) < 4.78 is 25.6. The Bertz CT molecular complexity index is 300. The van der Waals surface area contributed by atoms with Gasteiger partial charge in [-0.25, -0.2) is 8.78 Å². The Balaban J connectivity index is 3.22. The Morgan fingerprint density at radius 3 is 2.55 bits per heavy atom. The van der Waals surface area contributed by atoms with E-state index < -0.39 is 6.43 Å². The van der Waals surface area contributed by atoms with Gasteiger partial charge >= 0.3 is 0 Å². The molecule has 0 saturated carbocycles. The van der Waals surface area contributed by atoms with Gasteiger partial charge in [0.25, 0.3) is 6.43 Å². The highest BCUT2D eigenvalue weighted by atomic mass is 32.1. The van der Waals surface area contributed by atoms with Gasteiger partial charge in [-0.1, -0.05) is 0 Å². The zero-order valence-electron chi connectivity index (χ0n) is 6.21. The van der Waals surface area contributed by atoms with E-state index in [1.54, 1.807) is 14.1 Å². The Morgan fingerprint density at radius 2 is 2.27 bits per heavy atom. The molecule has 1 rings (SSSR count). The van der Waals surface area contributed by atoms with Gasteiger partial charge in [-0.05, 0) is 0 Å². The van der Waals surface area contributed by atoms with Crippen molar-refractivity contribution in [2.75, 3.05) is 7.05 Å². The normalized spacial score (nSPS) is 13.0. The van der Waals surface area contributed by atoms with Crippen LogP contribution in [0.1, 0.15) is 12.1 Å². The third-order valence-corrected chi connectivity index (χ3v) is 2.40. The topological polar surface area (TPSA) is 17.3 Å². The first-order valence-electron chi connectivity index (χ1n) is 3.02. The highest BCUT2D eigenvalue weighted by Gasteiger charge is 2.11. The molecule has 0 fully saturated rings. The third kappa shape index (κ3) is 1.48. The van der Waals surface area contributed by atoms with Crippen molar-refractivity contribution in [1.82, 2.24) is 4.57 Å². The highest BCUT2D eigenvalue weighted by Crippen LogP contribution is 2.17. The van der Waals surface area contributed by atoms with Crippen LogP contribution in [0.3, 0.4) is 0 Å². The lowest BCUT2D eigenvalue weighted by atomic mass is 10.5. The molecular formula is C6H8F2N2S. The smallest absolute Gasteiger partial charge is 0.279 e. The molecule has 1 aromatic rings. The fourth-order valence-electron chi connectivity index (χ4n) is 0.782. The fraction of sp³-hybridized carbons (Fsp3) is 0.500. The van der Waals surface area contributed by atoms with Crippen LogP contribution in [0.5, 0.6) is 0 Å². The van der Waals surface area contributed by atoms with Gasteiger partial charge in [-0.3, -0.25) is 4.99 Å². The summed E-state index contributed by atoms with van der Waals surface area (Å²) in [5.41, 5.74) is 0.0237. The molecule has 0 aliphatic carbocycles. The van der Waals surface area contributed by atoms with Crippen LogP contribution >= 0.6 is 11.3 Å². The molecule has 0 saturated heterocycles. The summed E-state index contributed by atoms with van der Waals surface area (Å²) in [5, 5.41) is 1.42. The number of hydrogen-bond donors (Lipinski definition) is 0. The van der Waals surface area contributed by atoms with Crippen LogP contribution in [0, 0.1) is 0 Å². The average molecular weight is 178 g/mol. The van der Waals surface area contributed by atoms with Crippen molar-refractivity contribution in [3.63, 3.8) is 0 Å². The van der Waals surface area contributed by atoms with Crippen molar-refractivity contribution < 1.29 is 8.78 Å². The lowest BCUT2D eigenvalue weighted by Crippen LogP contribution is -2.12. The van der Waals surface area contributed by atoms with Gasteiger partial charge in [0.1, 0.15) is 0 Å². The molecule has 0 spiro atoms. The highest BCUT2D eigenvalue weighted by molar-refractivity contribution is 7.07. The molecule has 1 aromatic heterocycles. The first-order chi connectivity index (χ1) is 5.16. The summed E-state index contributed by atoms with van der Waals surface area (Å²) >= 11 is 1.22. The largest absolute Gasteiger partial charge is 0.319 e. The van der Waals surface area contributed by atoms with Crippen LogP contribution in [0.25, 0.3) is 0 Å². The van der Waals surface area contributed by atoms with E-state index in [4.69, 9.17) is 0 Å². The molecule has 0 unspecified atom stereocenters. The van der Waals surface area contributed by atoms with Crippen LogP contribution in [-0.2, 0) is 7.05 Å². The van der Waals surface area contributed by atoms with Crippen molar-refractivity contribution in [2.24, 2.45) is 12.0 Å². The number of alkyl halides is 2. The monoisotopic (exact) mass is 178 g/mol. The number of nitrogens with zero attached hydrogens (tertiary/aromatic N) is 2. The lowest BCUT2D eigenvalue weighted by Gasteiger charge is -1.98. The third-order valence-electron chi connectivity index (χ3n) is 1.37. The molecule has 0 atom stereocenters. The van der Waals surface area contributed by atoms with Gasteiger partial charge in [-0.2, -0.15) is 0 Å². The Hall–Kier alpha value is -0.710. The molecule has 2 nitrogen and oxygen atoms in total. The van der Waals surface area contributed by atoms with E-state index in [0.29, 0.717) is 4.80 Å². The van der Waals surface area contributed by atoms with Gasteiger partial charge in [-0.15, -0.1) is 11.3 Å². The van der Waals surface area contributed by atoms with E-state index in [1.807, 2.05) is 0 Å². The van der Waals surface area contributed by atoms with E-state index in [9.17, 15) is 8.78 Å². The first-order valence-corrected chi connectivity index (χ1v) is 3.90. The van der Waals surface area contributed by atoms with Crippen molar-refractivity contribution in [1.29, 1.82) is 0 Å². The summed E-state index contributed by atoms with van der Waals surface area (Å²) in [4.78, 5) is 4.43. The van der Waals surface area contributed by atoms with Crippen molar-refractivity contribution in [3.05, 3.63) is 15.9 Å². The average Bonchev–Trinajstić information content (AvgIpc) is 2.30. The molecule has 11 heavy (non-hydrogen) atoms. The second-order valence-corrected chi connectivity index (χ2v) is 2.86. The predicted octanol–water partition coefficient (Wildman–Crippen LogP) is 1.55. The molecule has 0 radical (unpaired) electrons. The van der Waals surface area contributed by atoms with Gasteiger partial charge in [0.05, 0.1) is 5.69 Å². The number of halogens is 2. The minimum atomic E-state index is -2.41. The summed E-state index contributed by atoms with van der Waals surface area (Å²) in [7, 11) is 3.17. The minimum absolute atomic E-state index is 0.0237. The summed E-state index contributed by atoms with van der Waals surface area (Å²) in [6.07, 6.45) is -2.41. The molecule has 62 valence electrons. The molecule has 0 aromatic carbocycles. The maximum Gasteiger partial charge on any atom is 0.279 e. The first kappa shape index (κ1) is 8.39. The molecule has 0 amide bonds. The van der Waals surface area contributed by atoms with Crippen LogP contribution in [0.4, 0.5) is 8.78 Å². The van der Waals surface area contributed by atoms with E-state index in [2.05, 4.69) is 4.99 Å². The maximum absolute atomic E-state index is 12.1. The standard InChI is InChI=1S/C6H8F2N2S/c1-9-6-10(2)4(3-11-6)5(7)8/h3,5H,1-2H3. The SMILES string of the molecule is CN=c1scc(C(F)F)n1C. The number of thiazole rings is 1. The van der Waals surface area contributed by atoms with Crippen molar-refractivity contribution in [3.8, 4) is 0 Å². The quantitative estimate of drug-likeness (QED) is 0.621. The number of aromatic nitrogens is 1. The van der Waals surface area contributed by atoms with Crippen LogP contribution in [0.15, 0.2) is 10.4 Å². The van der Waals surface area contributed by atoms with Crippen molar-refractivity contribution in [2.45, 2.75) is 6.43 Å². The van der Waals surface area contributed by atoms with Crippen LogP contribution in [0.2, 0.25) is 0 Å². The van der Waals surface area contributed by atoms with Gasteiger partial charge in [0.15, 0.2) is 4.80 Å². The summed E-state index contributed by atoms with van der Waals surface area (Å²) in [6, 6.07) is 0. The van der Waals surface area contributed by atoms with Crippen molar-refractivity contribution >= 4 is 11.3 Å². The minimum Gasteiger partial charge on any atom is -0.319 e. The van der Waals surface area contributed by atoms with Crippen LogP contribution in [-0.4, -0.2) is 11.6 Å². The van der Waals surface area contributed by atoms with Gasteiger partial charge in [0.2, 0.25) is 0 Å². The second kappa shape index (κ2) is 3.13. The molecular weight excluding hydrogens is 170 g/mol. The molecule has 0 N–H and O–H groups in total. The van der Waals surface area contributed by atoms with Crippen LogP contribution < -0.4 is 4.80 Å². The molecule has 0 aliphatic heterocycles. The summed E-state index contributed by atoms with van der Waals surface area (Å²) in [6.45, 7) is 0. The van der Waals surface area contributed by atoms with E-state index in [1.165, 1.54) is 21.3 Å². The van der Waals surface area contributed by atoms with Gasteiger partial charge < -0.3 is 4.57 Å². The zero-order chi connectivity index (χ0) is 8.43. The van der Waals surface area contributed by atoms with E-state index in [-0.39, 0.29) is 5.69 Å². The van der Waals surface area contributed by atoms with E-state index >= 15 is 0 Å². The Kier molecular flexibility index (Phi) is 2.38. The fourth-order valence-corrected chi connectivity index (χ4v) is 1.64. The van der Waals surface area contributed by atoms with E-state index in [0.717, 1.165) is 0 Å². The molecule has 0 aliphatic rings. The predicted molar refractivity (Wildman–Crippen MR) is 39.7 cm³/mol. The molecule has 5 heteroatoms. The lowest BCUT2D eigenvalue weighted by molar-refractivity contribution is 0.142. The number of hydrogen-bond acceptors (Lipinski definition) is 2. The zero-order valence-corrected chi connectivity index (χ0v) is 7.03. The molecule has 0 bridgehead atoms. The second-order valence-electron chi connectivity index (χ2n) is 2.03. The number of rotatable bonds is 1.